The highest BCUT2D eigenvalue weighted by molar-refractivity contribution is 5.64. The summed E-state index contributed by atoms with van der Waals surface area (Å²) in [5.41, 5.74) is 4.54. The molecule has 3 aromatic rings. The van der Waals surface area contributed by atoms with Crippen LogP contribution in [0.1, 0.15) is 41.5 Å². The van der Waals surface area contributed by atoms with Gasteiger partial charge in [-0.05, 0) is 49.9 Å². The number of hydrogen-bond acceptors (Lipinski definition) is 8. The molecular weight excluding hydrogens is 354 g/mol. The fourth-order valence-electron chi connectivity index (χ4n) is 4.15. The van der Waals surface area contributed by atoms with Crippen LogP contribution in [-0.4, -0.2) is 44.7 Å². The zero-order chi connectivity index (χ0) is 18.9. The highest BCUT2D eigenvalue weighted by Crippen LogP contribution is 2.32. The molecule has 8 heteroatoms. The maximum Gasteiger partial charge on any atom is 0.230 e. The van der Waals surface area contributed by atoms with E-state index >= 15 is 0 Å². The molecule has 1 fully saturated rings. The molecular formula is C20H23N7O. The van der Waals surface area contributed by atoms with E-state index in [9.17, 15) is 0 Å². The van der Waals surface area contributed by atoms with Gasteiger partial charge >= 0.3 is 0 Å². The predicted octanol–water partition coefficient (Wildman–Crippen LogP) is 2.26. The molecule has 3 aromatic heterocycles. The summed E-state index contributed by atoms with van der Waals surface area (Å²) < 4.78 is 5.69. The summed E-state index contributed by atoms with van der Waals surface area (Å²) >= 11 is 0. The third-order valence-corrected chi connectivity index (χ3v) is 5.68. The third kappa shape index (κ3) is 3.13. The number of nitrogens with zero attached hydrogens (tertiary/aromatic N) is 6. The fraction of sp³-hybridized carbons (Fsp3) is 0.450. The summed E-state index contributed by atoms with van der Waals surface area (Å²) in [6, 6.07) is 1.84. The first kappa shape index (κ1) is 17.2. The Morgan fingerprint density at radius 2 is 1.96 bits per heavy atom. The molecule has 144 valence electrons. The van der Waals surface area contributed by atoms with Crippen LogP contribution in [0.15, 0.2) is 29.2 Å². The van der Waals surface area contributed by atoms with Gasteiger partial charge in [0, 0.05) is 55.4 Å². The van der Waals surface area contributed by atoms with Crippen LogP contribution in [0.5, 0.6) is 0 Å². The Bertz CT molecular complexity index is 964. The summed E-state index contributed by atoms with van der Waals surface area (Å²) in [6.45, 7) is 5.61. The second kappa shape index (κ2) is 7.27. The lowest BCUT2D eigenvalue weighted by Crippen LogP contribution is -2.34. The Balaban J connectivity index is 1.35. The van der Waals surface area contributed by atoms with Crippen LogP contribution in [0.2, 0.25) is 0 Å². The van der Waals surface area contributed by atoms with Crippen LogP contribution in [0.4, 0.5) is 5.95 Å². The highest BCUT2D eigenvalue weighted by atomic mass is 16.5. The fourth-order valence-corrected chi connectivity index (χ4v) is 4.15. The zero-order valence-corrected chi connectivity index (χ0v) is 15.9. The molecule has 0 unspecified atom stereocenters. The van der Waals surface area contributed by atoms with Crippen molar-refractivity contribution in [3.05, 3.63) is 47.4 Å². The minimum Gasteiger partial charge on any atom is -0.341 e. The van der Waals surface area contributed by atoms with Gasteiger partial charge in [0.2, 0.25) is 17.7 Å². The maximum atomic E-state index is 5.69. The van der Waals surface area contributed by atoms with E-state index in [-0.39, 0.29) is 5.92 Å². The number of aryl methyl sites for hydroxylation is 1. The molecule has 5 heterocycles. The summed E-state index contributed by atoms with van der Waals surface area (Å²) in [4.78, 5) is 20.2. The van der Waals surface area contributed by atoms with Crippen LogP contribution in [-0.2, 0) is 13.0 Å². The lowest BCUT2D eigenvalue weighted by molar-refractivity contribution is 0.329. The molecule has 0 spiro atoms. The number of nitrogens with one attached hydrogen (secondary N) is 1. The quantitative estimate of drug-likeness (QED) is 0.743. The molecule has 0 amide bonds. The highest BCUT2D eigenvalue weighted by Gasteiger charge is 2.28. The Morgan fingerprint density at radius 1 is 1.14 bits per heavy atom. The van der Waals surface area contributed by atoms with Crippen molar-refractivity contribution in [3.63, 3.8) is 0 Å². The van der Waals surface area contributed by atoms with Crippen LogP contribution in [0.3, 0.4) is 0 Å². The van der Waals surface area contributed by atoms with E-state index in [0.717, 1.165) is 68.5 Å². The van der Waals surface area contributed by atoms with Crippen molar-refractivity contribution in [2.24, 2.45) is 0 Å². The lowest BCUT2D eigenvalue weighted by atomic mass is 9.95. The number of pyridine rings is 1. The summed E-state index contributed by atoms with van der Waals surface area (Å²) in [5.74, 6) is 2.47. The number of anilines is 1. The van der Waals surface area contributed by atoms with E-state index in [2.05, 4.69) is 30.3 Å². The van der Waals surface area contributed by atoms with Crippen molar-refractivity contribution in [1.29, 1.82) is 0 Å². The Hall–Kier alpha value is -2.87. The predicted molar refractivity (Wildman–Crippen MR) is 104 cm³/mol. The molecule has 2 aliphatic rings. The molecule has 2 aliphatic heterocycles. The van der Waals surface area contributed by atoms with Crippen LogP contribution < -0.4 is 10.2 Å². The van der Waals surface area contributed by atoms with E-state index in [0.29, 0.717) is 5.82 Å². The van der Waals surface area contributed by atoms with Crippen LogP contribution in [0.25, 0.3) is 11.4 Å². The summed E-state index contributed by atoms with van der Waals surface area (Å²) in [5, 5.41) is 7.72. The molecule has 0 radical (unpaired) electrons. The summed E-state index contributed by atoms with van der Waals surface area (Å²) in [6.07, 6.45) is 8.40. The zero-order valence-electron chi connectivity index (χ0n) is 15.9. The van der Waals surface area contributed by atoms with Gasteiger partial charge in [-0.1, -0.05) is 5.16 Å². The van der Waals surface area contributed by atoms with Gasteiger partial charge in [-0.25, -0.2) is 9.97 Å². The van der Waals surface area contributed by atoms with E-state index in [1.807, 2.05) is 19.2 Å². The van der Waals surface area contributed by atoms with E-state index in [4.69, 9.17) is 9.51 Å². The largest absolute Gasteiger partial charge is 0.341 e. The van der Waals surface area contributed by atoms with Crippen LogP contribution >= 0.6 is 0 Å². The average Bonchev–Trinajstić information content (AvgIpc) is 3.24. The van der Waals surface area contributed by atoms with Crippen molar-refractivity contribution >= 4 is 5.95 Å². The molecule has 28 heavy (non-hydrogen) atoms. The number of aromatic nitrogens is 5. The topological polar surface area (TPSA) is 92.9 Å². The first-order valence-electron chi connectivity index (χ1n) is 9.83. The number of piperidine rings is 1. The molecule has 0 atom stereocenters. The third-order valence-electron chi connectivity index (χ3n) is 5.68. The van der Waals surface area contributed by atoms with E-state index in [1.54, 1.807) is 12.4 Å². The first-order valence-corrected chi connectivity index (χ1v) is 9.83. The van der Waals surface area contributed by atoms with Crippen molar-refractivity contribution in [3.8, 4) is 11.4 Å². The van der Waals surface area contributed by atoms with E-state index in [1.165, 1.54) is 11.1 Å². The second-order valence-corrected chi connectivity index (χ2v) is 7.42. The molecule has 8 nitrogen and oxygen atoms in total. The van der Waals surface area contributed by atoms with Gasteiger partial charge in [-0.15, -0.1) is 0 Å². The minimum absolute atomic E-state index is 0.274. The standard InChI is InChI=1S/C20H23N7O/c1-13-17(16-3-8-21-11-15(16)12-24-13)18-25-19(28-26-18)14-4-9-27(10-5-14)20-22-6-2-7-23-20/h2,6-7,12,14,21H,3-5,8-11H2,1H3. The number of hydrogen-bond donors (Lipinski definition) is 1. The molecule has 0 bridgehead atoms. The molecule has 0 saturated carbocycles. The Morgan fingerprint density at radius 3 is 2.79 bits per heavy atom. The Kier molecular flexibility index (Phi) is 4.48. The number of rotatable bonds is 3. The van der Waals surface area contributed by atoms with Crippen molar-refractivity contribution in [1.82, 2.24) is 30.4 Å². The monoisotopic (exact) mass is 377 g/mol. The molecule has 1 N–H and O–H groups in total. The molecule has 1 saturated heterocycles. The smallest absolute Gasteiger partial charge is 0.230 e. The second-order valence-electron chi connectivity index (χ2n) is 7.42. The first-order chi connectivity index (χ1) is 13.8. The van der Waals surface area contributed by atoms with Gasteiger partial charge in [-0.2, -0.15) is 4.98 Å². The normalized spacial score (nSPS) is 17.5. The van der Waals surface area contributed by atoms with Crippen molar-refractivity contribution < 1.29 is 4.52 Å². The van der Waals surface area contributed by atoms with Gasteiger partial charge in [0.1, 0.15) is 0 Å². The molecule has 0 aromatic carbocycles. The Labute approximate surface area is 163 Å². The van der Waals surface area contributed by atoms with Gasteiger partial charge in [0.15, 0.2) is 0 Å². The van der Waals surface area contributed by atoms with Crippen molar-refractivity contribution in [2.45, 2.75) is 38.6 Å². The molecule has 0 aliphatic carbocycles. The van der Waals surface area contributed by atoms with Gasteiger partial charge in [-0.3, -0.25) is 4.98 Å². The molecule has 5 rings (SSSR count). The van der Waals surface area contributed by atoms with Gasteiger partial charge in [0.05, 0.1) is 0 Å². The lowest BCUT2D eigenvalue weighted by Gasteiger charge is -2.30. The van der Waals surface area contributed by atoms with Crippen molar-refractivity contribution in [2.75, 3.05) is 24.5 Å². The summed E-state index contributed by atoms with van der Waals surface area (Å²) in [7, 11) is 0. The van der Waals surface area contributed by atoms with E-state index < -0.39 is 0 Å². The van der Waals surface area contributed by atoms with Crippen LogP contribution in [0, 0.1) is 6.92 Å². The maximum absolute atomic E-state index is 5.69. The van der Waals surface area contributed by atoms with Gasteiger partial charge < -0.3 is 14.7 Å². The SMILES string of the molecule is Cc1ncc2c(c1-c1noc(C3CCN(c4ncccn4)CC3)n1)CCNC2. The average molecular weight is 377 g/mol. The number of fused-ring (bicyclic) bond motifs is 1. The minimum atomic E-state index is 0.274. The van der Waals surface area contributed by atoms with Gasteiger partial charge in [0.25, 0.3) is 0 Å².